The van der Waals surface area contributed by atoms with Crippen molar-refractivity contribution in [1.29, 1.82) is 0 Å². The topological polar surface area (TPSA) is 60.3 Å². The highest BCUT2D eigenvalue weighted by molar-refractivity contribution is 5.97. The van der Waals surface area contributed by atoms with Crippen LogP contribution in [-0.4, -0.2) is 23.6 Å². The number of aromatic nitrogens is 1. The Balaban J connectivity index is 1.50. The maximum Gasteiger partial charge on any atom is 0.256 e. The average molecular weight is 348 g/mol. The number of fused-ring (bicyclic) bond motifs is 2. The van der Waals surface area contributed by atoms with Crippen LogP contribution in [0.15, 0.2) is 59.5 Å². The summed E-state index contributed by atoms with van der Waals surface area (Å²) in [6, 6.07) is 15.3. The van der Waals surface area contributed by atoms with Crippen molar-refractivity contribution in [3.8, 4) is 5.75 Å². The van der Waals surface area contributed by atoms with Crippen LogP contribution in [-0.2, 0) is 13.5 Å². The largest absolute Gasteiger partial charge is 0.493 e. The fraction of sp³-hybridized carbons (Fsp3) is 0.238. The van der Waals surface area contributed by atoms with Gasteiger partial charge in [0.25, 0.3) is 5.91 Å². The number of pyridine rings is 1. The van der Waals surface area contributed by atoms with Crippen molar-refractivity contribution in [1.82, 2.24) is 9.88 Å². The fourth-order valence-electron chi connectivity index (χ4n) is 3.46. The molecule has 26 heavy (non-hydrogen) atoms. The van der Waals surface area contributed by atoms with Gasteiger partial charge in [-0.3, -0.25) is 9.59 Å². The maximum absolute atomic E-state index is 12.6. The zero-order valence-electron chi connectivity index (χ0n) is 14.6. The number of para-hydroxylation sites is 2. The first-order chi connectivity index (χ1) is 12.6. The molecule has 1 unspecified atom stereocenters. The third-order valence-corrected chi connectivity index (χ3v) is 4.85. The molecule has 0 saturated heterocycles. The molecule has 1 aromatic heterocycles. The van der Waals surface area contributed by atoms with Crippen molar-refractivity contribution >= 4 is 16.8 Å². The molecule has 3 aromatic rings. The van der Waals surface area contributed by atoms with Crippen LogP contribution >= 0.6 is 0 Å². The lowest BCUT2D eigenvalue weighted by Crippen LogP contribution is -2.36. The first kappa shape index (κ1) is 16.4. The Morgan fingerprint density at radius 3 is 2.85 bits per heavy atom. The number of ether oxygens (including phenoxy) is 1. The third kappa shape index (κ3) is 2.96. The van der Waals surface area contributed by atoms with E-state index in [0.717, 1.165) is 23.3 Å². The first-order valence-corrected chi connectivity index (χ1v) is 8.71. The second kappa shape index (κ2) is 6.67. The maximum atomic E-state index is 12.6. The number of nitrogens with zero attached hydrogens (tertiary/aromatic N) is 1. The summed E-state index contributed by atoms with van der Waals surface area (Å²) in [6.07, 6.45) is 2.46. The summed E-state index contributed by atoms with van der Waals surface area (Å²) in [4.78, 5) is 25.2. The number of hydrogen-bond acceptors (Lipinski definition) is 3. The number of carbonyl (C=O) groups is 1. The van der Waals surface area contributed by atoms with E-state index in [4.69, 9.17) is 4.74 Å². The van der Waals surface area contributed by atoms with Gasteiger partial charge in [-0.25, -0.2) is 0 Å². The van der Waals surface area contributed by atoms with Crippen molar-refractivity contribution in [2.24, 2.45) is 13.0 Å². The Morgan fingerprint density at radius 1 is 1.19 bits per heavy atom. The molecule has 0 saturated carbocycles. The van der Waals surface area contributed by atoms with Gasteiger partial charge in [-0.15, -0.1) is 0 Å². The summed E-state index contributed by atoms with van der Waals surface area (Å²) < 4.78 is 7.57. The lowest BCUT2D eigenvalue weighted by molar-refractivity contribution is 0.0937. The van der Waals surface area contributed by atoms with E-state index in [1.807, 2.05) is 54.1 Å². The van der Waals surface area contributed by atoms with Crippen molar-refractivity contribution in [3.63, 3.8) is 0 Å². The van der Waals surface area contributed by atoms with E-state index >= 15 is 0 Å². The van der Waals surface area contributed by atoms with Gasteiger partial charge in [0, 0.05) is 31.1 Å². The molecule has 0 fully saturated rings. The van der Waals surface area contributed by atoms with E-state index in [1.54, 1.807) is 12.3 Å². The van der Waals surface area contributed by atoms with Crippen LogP contribution in [0.25, 0.3) is 10.9 Å². The number of nitrogens with one attached hydrogen (secondary N) is 1. The van der Waals surface area contributed by atoms with Gasteiger partial charge in [0.1, 0.15) is 11.3 Å². The molecule has 5 heteroatoms. The Bertz CT molecular complexity index is 1040. The van der Waals surface area contributed by atoms with Crippen LogP contribution < -0.4 is 15.5 Å². The molecule has 5 nitrogen and oxygen atoms in total. The standard InChI is InChI=1S/C21H20N2O3/c1-23-12-17(20(24)16-7-3-4-8-18(16)23)21(25)22-11-14-10-15-6-2-5-9-19(15)26-13-14/h2-9,12,14H,10-11,13H2,1H3,(H,22,25). The summed E-state index contributed by atoms with van der Waals surface area (Å²) in [5.41, 5.74) is 1.90. The summed E-state index contributed by atoms with van der Waals surface area (Å²) >= 11 is 0. The SMILES string of the molecule is Cn1cc(C(=O)NCC2COc3ccccc3C2)c(=O)c2ccccc21. The molecule has 0 radical (unpaired) electrons. The summed E-state index contributed by atoms with van der Waals surface area (Å²) in [6.45, 7) is 1.04. The number of aryl methyl sites for hydroxylation is 1. The number of benzene rings is 2. The number of amides is 1. The predicted molar refractivity (Wildman–Crippen MR) is 101 cm³/mol. The van der Waals surface area contributed by atoms with Crippen molar-refractivity contribution < 1.29 is 9.53 Å². The lowest BCUT2D eigenvalue weighted by atomic mass is 9.96. The van der Waals surface area contributed by atoms with Gasteiger partial charge in [0.05, 0.1) is 12.1 Å². The van der Waals surface area contributed by atoms with Crippen molar-refractivity contribution in [2.75, 3.05) is 13.2 Å². The van der Waals surface area contributed by atoms with Crippen LogP contribution in [0.2, 0.25) is 0 Å². The Morgan fingerprint density at radius 2 is 1.96 bits per heavy atom. The summed E-state index contributed by atoms with van der Waals surface area (Å²) in [7, 11) is 1.84. The number of rotatable bonds is 3. The highest BCUT2D eigenvalue weighted by Crippen LogP contribution is 2.26. The second-order valence-corrected chi connectivity index (χ2v) is 6.70. The molecule has 1 aliphatic rings. The van der Waals surface area contributed by atoms with Gasteiger partial charge >= 0.3 is 0 Å². The smallest absolute Gasteiger partial charge is 0.256 e. The quantitative estimate of drug-likeness (QED) is 0.791. The molecule has 0 bridgehead atoms. The molecule has 0 aliphatic carbocycles. The monoisotopic (exact) mass is 348 g/mol. The van der Waals surface area contributed by atoms with Crippen molar-refractivity contribution in [2.45, 2.75) is 6.42 Å². The van der Waals surface area contributed by atoms with Crippen LogP contribution in [0.4, 0.5) is 0 Å². The van der Waals surface area contributed by atoms with Crippen LogP contribution in [0.1, 0.15) is 15.9 Å². The summed E-state index contributed by atoms with van der Waals surface area (Å²) in [5.74, 6) is 0.770. The average Bonchev–Trinajstić information content (AvgIpc) is 2.68. The molecule has 1 amide bonds. The fourth-order valence-corrected chi connectivity index (χ4v) is 3.46. The molecular weight excluding hydrogens is 328 g/mol. The zero-order valence-corrected chi connectivity index (χ0v) is 14.6. The normalized spacial score (nSPS) is 16.0. The molecular formula is C21H20N2O3. The molecule has 1 N–H and O–H groups in total. The van der Waals surface area contributed by atoms with Crippen LogP contribution in [0.5, 0.6) is 5.75 Å². The van der Waals surface area contributed by atoms with Gasteiger partial charge < -0.3 is 14.6 Å². The lowest BCUT2D eigenvalue weighted by Gasteiger charge is -2.25. The van der Waals surface area contributed by atoms with Crippen molar-refractivity contribution in [3.05, 3.63) is 76.1 Å². The molecule has 1 aliphatic heterocycles. The van der Waals surface area contributed by atoms with E-state index in [2.05, 4.69) is 5.32 Å². The van der Waals surface area contributed by atoms with Gasteiger partial charge in [-0.1, -0.05) is 30.3 Å². The van der Waals surface area contributed by atoms with E-state index in [-0.39, 0.29) is 22.8 Å². The molecule has 4 rings (SSSR count). The van der Waals surface area contributed by atoms with Gasteiger partial charge in [-0.05, 0) is 30.2 Å². The minimum Gasteiger partial charge on any atom is -0.493 e. The number of hydrogen-bond donors (Lipinski definition) is 1. The van der Waals surface area contributed by atoms with E-state index in [1.165, 1.54) is 0 Å². The highest BCUT2D eigenvalue weighted by atomic mass is 16.5. The number of carbonyl (C=O) groups excluding carboxylic acids is 1. The zero-order chi connectivity index (χ0) is 18.1. The Hall–Kier alpha value is -3.08. The molecule has 132 valence electrons. The van der Waals surface area contributed by atoms with Gasteiger partial charge in [0.2, 0.25) is 5.43 Å². The molecule has 2 aromatic carbocycles. The Kier molecular flexibility index (Phi) is 4.21. The molecule has 1 atom stereocenters. The van der Waals surface area contributed by atoms with Crippen LogP contribution in [0.3, 0.4) is 0 Å². The molecule has 2 heterocycles. The second-order valence-electron chi connectivity index (χ2n) is 6.70. The van der Waals surface area contributed by atoms with E-state index in [0.29, 0.717) is 18.5 Å². The predicted octanol–water partition coefficient (Wildman–Crippen LogP) is 2.52. The minimum absolute atomic E-state index is 0.170. The minimum atomic E-state index is -0.338. The van der Waals surface area contributed by atoms with Crippen LogP contribution in [0, 0.1) is 5.92 Å². The first-order valence-electron chi connectivity index (χ1n) is 8.71. The van der Waals surface area contributed by atoms with E-state index in [9.17, 15) is 9.59 Å². The van der Waals surface area contributed by atoms with Gasteiger partial charge in [-0.2, -0.15) is 0 Å². The molecule has 0 spiro atoms. The van der Waals surface area contributed by atoms with E-state index < -0.39 is 0 Å². The summed E-state index contributed by atoms with van der Waals surface area (Å²) in [5, 5.41) is 3.45. The third-order valence-electron chi connectivity index (χ3n) is 4.85. The highest BCUT2D eigenvalue weighted by Gasteiger charge is 2.21. The van der Waals surface area contributed by atoms with Gasteiger partial charge in [0.15, 0.2) is 0 Å². The Labute approximate surface area is 151 Å².